The molecule has 0 spiro atoms. The van der Waals surface area contributed by atoms with Crippen LogP contribution in [0.4, 0.5) is 0 Å². The Hall–Kier alpha value is -0.840. The van der Waals surface area contributed by atoms with Crippen LogP contribution >= 0.6 is 0 Å². The fourth-order valence-electron chi connectivity index (χ4n) is 3.14. The van der Waals surface area contributed by atoms with Crippen LogP contribution in [0, 0.1) is 12.8 Å². The van der Waals surface area contributed by atoms with E-state index in [4.69, 9.17) is 9.15 Å². The first kappa shape index (κ1) is 15.1. The Morgan fingerprint density at radius 2 is 2.19 bits per heavy atom. The van der Waals surface area contributed by atoms with E-state index in [-0.39, 0.29) is 0 Å². The van der Waals surface area contributed by atoms with E-state index in [1.807, 2.05) is 7.11 Å². The van der Waals surface area contributed by atoms with Gasteiger partial charge < -0.3 is 14.5 Å². The van der Waals surface area contributed by atoms with Crippen molar-refractivity contribution in [2.45, 2.75) is 58.3 Å². The number of hydrogen-bond acceptors (Lipinski definition) is 4. The Labute approximate surface area is 127 Å². The molecule has 1 aliphatic carbocycles. The summed E-state index contributed by atoms with van der Waals surface area (Å²) in [6.07, 6.45) is 4.19. The van der Waals surface area contributed by atoms with Gasteiger partial charge in [-0.3, -0.25) is 4.90 Å². The molecule has 2 heterocycles. The summed E-state index contributed by atoms with van der Waals surface area (Å²) in [4.78, 5) is 2.45. The van der Waals surface area contributed by atoms with Gasteiger partial charge in [0.2, 0.25) is 0 Å². The number of rotatable bonds is 6. The fraction of sp³-hybridized carbons (Fsp3) is 0.765. The Bertz CT molecular complexity index is 467. The van der Waals surface area contributed by atoms with Gasteiger partial charge in [0, 0.05) is 19.7 Å². The number of nitrogens with zero attached hydrogens (tertiary/aromatic N) is 1. The molecule has 1 N–H and O–H groups in total. The zero-order valence-corrected chi connectivity index (χ0v) is 13.5. The van der Waals surface area contributed by atoms with Crippen molar-refractivity contribution in [3.05, 3.63) is 23.2 Å². The second-order valence-electron chi connectivity index (χ2n) is 6.75. The van der Waals surface area contributed by atoms with Crippen LogP contribution in [0.2, 0.25) is 0 Å². The van der Waals surface area contributed by atoms with E-state index in [0.717, 1.165) is 43.7 Å². The van der Waals surface area contributed by atoms with E-state index in [1.54, 1.807) is 0 Å². The highest BCUT2D eigenvalue weighted by atomic mass is 16.5. The van der Waals surface area contributed by atoms with Gasteiger partial charge in [-0.25, -0.2) is 0 Å². The van der Waals surface area contributed by atoms with Crippen molar-refractivity contribution >= 4 is 0 Å². The maximum Gasteiger partial charge on any atom is 0.120 e. The van der Waals surface area contributed by atoms with Crippen molar-refractivity contribution in [1.29, 1.82) is 0 Å². The van der Waals surface area contributed by atoms with Crippen molar-refractivity contribution < 1.29 is 9.15 Å². The minimum atomic E-state index is 0.353. The summed E-state index contributed by atoms with van der Waals surface area (Å²) in [6, 6.07) is 2.92. The van der Waals surface area contributed by atoms with Crippen LogP contribution in [-0.2, 0) is 17.8 Å². The Morgan fingerprint density at radius 3 is 2.90 bits per heavy atom. The SMILES string of the molecule is COC1CN(Cc2cc(C)c(CNC3CC3)o2)CCC1C. The van der Waals surface area contributed by atoms with E-state index in [9.17, 15) is 0 Å². The summed E-state index contributed by atoms with van der Waals surface area (Å²) < 4.78 is 11.6. The Kier molecular flexibility index (Phi) is 4.67. The molecule has 4 heteroatoms. The zero-order valence-electron chi connectivity index (χ0n) is 13.5. The lowest BCUT2D eigenvalue weighted by atomic mass is 9.96. The highest BCUT2D eigenvalue weighted by Gasteiger charge is 2.27. The highest BCUT2D eigenvalue weighted by Crippen LogP contribution is 2.24. The standard InChI is InChI=1S/C17H28N2O2/c1-12-6-7-19(11-17(12)20-3)10-15-8-13(2)16(21-15)9-18-14-4-5-14/h8,12,14,17-18H,4-7,9-11H2,1-3H3. The van der Waals surface area contributed by atoms with Crippen LogP contribution in [0.3, 0.4) is 0 Å². The monoisotopic (exact) mass is 292 g/mol. The van der Waals surface area contributed by atoms with Gasteiger partial charge in [0.05, 0.1) is 19.2 Å². The van der Waals surface area contributed by atoms with Crippen LogP contribution in [0.5, 0.6) is 0 Å². The van der Waals surface area contributed by atoms with E-state index >= 15 is 0 Å². The minimum absolute atomic E-state index is 0.353. The zero-order chi connectivity index (χ0) is 14.8. The molecule has 0 bridgehead atoms. The summed E-state index contributed by atoms with van der Waals surface area (Å²) in [5.41, 5.74) is 1.27. The third-order valence-corrected chi connectivity index (χ3v) is 4.86. The molecule has 0 amide bonds. The molecular formula is C17H28N2O2. The molecule has 4 nitrogen and oxygen atoms in total. The fourth-order valence-corrected chi connectivity index (χ4v) is 3.14. The molecule has 21 heavy (non-hydrogen) atoms. The predicted molar refractivity (Wildman–Crippen MR) is 83.2 cm³/mol. The third kappa shape index (κ3) is 3.87. The largest absolute Gasteiger partial charge is 0.463 e. The van der Waals surface area contributed by atoms with E-state index in [1.165, 1.54) is 24.8 Å². The van der Waals surface area contributed by atoms with Crippen molar-refractivity contribution in [2.24, 2.45) is 5.92 Å². The number of likely N-dealkylation sites (tertiary alicyclic amines) is 1. The molecule has 2 aliphatic rings. The van der Waals surface area contributed by atoms with Gasteiger partial charge in [-0.15, -0.1) is 0 Å². The maximum atomic E-state index is 6.05. The van der Waals surface area contributed by atoms with Gasteiger partial charge in [0.25, 0.3) is 0 Å². The van der Waals surface area contributed by atoms with Gasteiger partial charge in [0.1, 0.15) is 11.5 Å². The number of nitrogens with one attached hydrogen (secondary N) is 1. The number of aryl methyl sites for hydroxylation is 1. The molecule has 2 unspecified atom stereocenters. The van der Waals surface area contributed by atoms with Crippen molar-refractivity contribution in [3.8, 4) is 0 Å². The first-order valence-corrected chi connectivity index (χ1v) is 8.22. The number of piperidine rings is 1. The summed E-state index contributed by atoms with van der Waals surface area (Å²) in [5, 5.41) is 3.53. The lowest BCUT2D eigenvalue weighted by Crippen LogP contribution is -2.43. The Balaban J connectivity index is 1.55. The summed E-state index contributed by atoms with van der Waals surface area (Å²) in [5.74, 6) is 2.85. The second kappa shape index (κ2) is 6.51. The molecular weight excluding hydrogens is 264 g/mol. The molecule has 1 aromatic rings. The van der Waals surface area contributed by atoms with Crippen molar-refractivity contribution in [2.75, 3.05) is 20.2 Å². The number of methoxy groups -OCH3 is 1. The quantitative estimate of drug-likeness (QED) is 0.875. The average Bonchev–Trinajstić information content (AvgIpc) is 3.23. The Morgan fingerprint density at radius 1 is 1.38 bits per heavy atom. The smallest absolute Gasteiger partial charge is 0.120 e. The molecule has 118 valence electrons. The average molecular weight is 292 g/mol. The molecule has 0 radical (unpaired) electrons. The van der Waals surface area contributed by atoms with Gasteiger partial charge in [-0.05, 0) is 50.3 Å². The predicted octanol–water partition coefficient (Wildman–Crippen LogP) is 2.70. The molecule has 2 atom stereocenters. The van der Waals surface area contributed by atoms with E-state index in [2.05, 4.69) is 30.1 Å². The number of ether oxygens (including phenoxy) is 1. The van der Waals surface area contributed by atoms with Crippen LogP contribution in [-0.4, -0.2) is 37.2 Å². The molecule has 1 aromatic heterocycles. The number of hydrogen-bond donors (Lipinski definition) is 1. The highest BCUT2D eigenvalue weighted by molar-refractivity contribution is 5.20. The first-order valence-electron chi connectivity index (χ1n) is 8.22. The lowest BCUT2D eigenvalue weighted by molar-refractivity contribution is -0.00925. The van der Waals surface area contributed by atoms with Crippen molar-refractivity contribution in [3.63, 3.8) is 0 Å². The minimum Gasteiger partial charge on any atom is -0.463 e. The normalized spacial score (nSPS) is 27.2. The molecule has 0 aromatic carbocycles. The van der Waals surface area contributed by atoms with Crippen molar-refractivity contribution in [1.82, 2.24) is 10.2 Å². The summed E-state index contributed by atoms with van der Waals surface area (Å²) in [7, 11) is 1.82. The maximum absolute atomic E-state index is 6.05. The molecule has 2 fully saturated rings. The third-order valence-electron chi connectivity index (χ3n) is 4.86. The molecule has 1 saturated heterocycles. The van der Waals surface area contributed by atoms with Gasteiger partial charge in [-0.1, -0.05) is 6.92 Å². The molecule has 3 rings (SSSR count). The summed E-state index contributed by atoms with van der Waals surface area (Å²) in [6.45, 7) is 8.34. The van der Waals surface area contributed by atoms with E-state index < -0.39 is 0 Å². The summed E-state index contributed by atoms with van der Waals surface area (Å²) >= 11 is 0. The first-order chi connectivity index (χ1) is 10.2. The van der Waals surface area contributed by atoms with Gasteiger partial charge in [0.15, 0.2) is 0 Å². The van der Waals surface area contributed by atoms with Gasteiger partial charge in [-0.2, -0.15) is 0 Å². The molecule has 1 saturated carbocycles. The van der Waals surface area contributed by atoms with Crippen LogP contribution in [0.15, 0.2) is 10.5 Å². The number of furan rings is 1. The molecule has 1 aliphatic heterocycles. The topological polar surface area (TPSA) is 37.6 Å². The van der Waals surface area contributed by atoms with Crippen LogP contribution in [0.1, 0.15) is 43.3 Å². The van der Waals surface area contributed by atoms with Crippen LogP contribution < -0.4 is 5.32 Å². The second-order valence-corrected chi connectivity index (χ2v) is 6.75. The van der Waals surface area contributed by atoms with E-state index in [0.29, 0.717) is 12.0 Å². The van der Waals surface area contributed by atoms with Gasteiger partial charge >= 0.3 is 0 Å². The van der Waals surface area contributed by atoms with Crippen LogP contribution in [0.25, 0.3) is 0 Å². The lowest BCUT2D eigenvalue weighted by Gasteiger charge is -2.35.